The second kappa shape index (κ2) is 38.0. The largest absolute Gasteiger partial charge is 0.457 e. The molecule has 7 N–H and O–H groups in total. The Bertz CT molecular complexity index is 1050. The molecule has 11 atom stereocenters. The van der Waals surface area contributed by atoms with Gasteiger partial charge in [-0.05, 0) is 12.8 Å². The monoisotopic (exact) mass is 907 g/mol. The van der Waals surface area contributed by atoms with Gasteiger partial charge in [0.25, 0.3) is 0 Å². The lowest BCUT2D eigenvalue weighted by Crippen LogP contribution is -2.61. The Labute approximate surface area is 381 Å². The van der Waals surface area contributed by atoms with Crippen LogP contribution in [0.5, 0.6) is 0 Å². The third-order valence-corrected chi connectivity index (χ3v) is 12.6. The molecule has 2 saturated heterocycles. The van der Waals surface area contributed by atoms with Crippen molar-refractivity contribution in [3.63, 3.8) is 0 Å². The maximum absolute atomic E-state index is 12.9. The minimum Gasteiger partial charge on any atom is -0.457 e. The Morgan fingerprint density at radius 3 is 1.29 bits per heavy atom. The molecule has 63 heavy (non-hydrogen) atoms. The summed E-state index contributed by atoms with van der Waals surface area (Å²) in [4.78, 5) is 12.9. The first-order valence-corrected chi connectivity index (χ1v) is 25.6. The van der Waals surface area contributed by atoms with Crippen LogP contribution < -0.4 is 0 Å². The molecule has 0 radical (unpaired) electrons. The first-order valence-electron chi connectivity index (χ1n) is 25.6. The first kappa shape index (κ1) is 58.1. The van der Waals surface area contributed by atoms with Crippen molar-refractivity contribution in [1.29, 1.82) is 0 Å². The molecule has 14 nitrogen and oxygen atoms in total. The average molecular weight is 907 g/mol. The standard InChI is InChI=1S/C49H94O14/c1-3-5-7-9-11-13-14-15-16-17-18-19-20-21-22-23-25-27-29-31-33-58-35-38(61-41(51)32-30-28-26-24-12-10-8-6-4-2)36-59-48-47(57)45(55)43(53)40(63-48)37-60-49-46(56)44(54)42(52)39(34-50)62-49/h38-40,42-50,52-57H,3-37H2,1-2H3. The number of rotatable bonds is 41. The van der Waals surface area contributed by atoms with E-state index < -0.39 is 80.7 Å². The Hall–Kier alpha value is -1.01. The van der Waals surface area contributed by atoms with Crippen LogP contribution in [-0.2, 0) is 33.2 Å². The van der Waals surface area contributed by atoms with Crippen molar-refractivity contribution in [2.45, 2.75) is 274 Å². The Morgan fingerprint density at radius 1 is 0.460 bits per heavy atom. The number of aliphatic hydroxyl groups is 7. The number of aliphatic hydroxyl groups excluding tert-OH is 7. The molecule has 2 rings (SSSR count). The molecule has 0 spiro atoms. The molecule has 0 saturated carbocycles. The molecule has 0 aromatic carbocycles. The minimum atomic E-state index is -1.70. The number of carbonyl (C=O) groups excluding carboxylic acids is 1. The van der Waals surface area contributed by atoms with Gasteiger partial charge in [-0.2, -0.15) is 0 Å². The van der Waals surface area contributed by atoms with E-state index in [9.17, 15) is 40.5 Å². The van der Waals surface area contributed by atoms with Gasteiger partial charge in [-0.15, -0.1) is 0 Å². The molecule has 2 heterocycles. The number of hydrogen-bond donors (Lipinski definition) is 7. The molecule has 2 aliphatic rings. The van der Waals surface area contributed by atoms with E-state index in [2.05, 4.69) is 13.8 Å². The van der Waals surface area contributed by atoms with Gasteiger partial charge in [-0.3, -0.25) is 4.79 Å². The zero-order valence-electron chi connectivity index (χ0n) is 39.6. The highest BCUT2D eigenvalue weighted by Gasteiger charge is 2.47. The maximum atomic E-state index is 12.9. The zero-order chi connectivity index (χ0) is 45.9. The number of ether oxygens (including phenoxy) is 6. The van der Waals surface area contributed by atoms with Gasteiger partial charge < -0.3 is 64.2 Å². The zero-order valence-corrected chi connectivity index (χ0v) is 39.6. The van der Waals surface area contributed by atoms with Gasteiger partial charge in [0.1, 0.15) is 54.9 Å². The van der Waals surface area contributed by atoms with Gasteiger partial charge in [-0.1, -0.05) is 187 Å². The van der Waals surface area contributed by atoms with Gasteiger partial charge >= 0.3 is 5.97 Å². The smallest absolute Gasteiger partial charge is 0.306 e. The van der Waals surface area contributed by atoms with Crippen LogP contribution in [0.2, 0.25) is 0 Å². The van der Waals surface area contributed by atoms with Crippen LogP contribution in [0.1, 0.15) is 206 Å². The molecule has 0 amide bonds. The third kappa shape index (κ3) is 26.2. The van der Waals surface area contributed by atoms with E-state index in [-0.39, 0.29) is 25.6 Å². The lowest BCUT2D eigenvalue weighted by Gasteiger charge is -2.42. The van der Waals surface area contributed by atoms with Crippen LogP contribution in [0.4, 0.5) is 0 Å². The van der Waals surface area contributed by atoms with Crippen molar-refractivity contribution in [2.75, 3.05) is 33.0 Å². The number of carbonyl (C=O) groups is 1. The predicted octanol–water partition coefficient (Wildman–Crippen LogP) is 7.30. The van der Waals surface area contributed by atoms with Crippen LogP contribution in [0.25, 0.3) is 0 Å². The van der Waals surface area contributed by atoms with Crippen molar-refractivity contribution >= 4 is 5.97 Å². The van der Waals surface area contributed by atoms with Gasteiger partial charge in [0.05, 0.1) is 26.4 Å². The summed E-state index contributed by atoms with van der Waals surface area (Å²) in [7, 11) is 0. The van der Waals surface area contributed by atoms with E-state index in [1.54, 1.807) is 0 Å². The van der Waals surface area contributed by atoms with Crippen molar-refractivity contribution in [1.82, 2.24) is 0 Å². The van der Waals surface area contributed by atoms with Crippen LogP contribution in [0.15, 0.2) is 0 Å². The van der Waals surface area contributed by atoms with Crippen LogP contribution in [0.3, 0.4) is 0 Å². The molecule has 0 aromatic heterocycles. The summed E-state index contributed by atoms with van der Waals surface area (Å²) in [5.41, 5.74) is 0. The van der Waals surface area contributed by atoms with E-state index in [1.807, 2.05) is 0 Å². The van der Waals surface area contributed by atoms with Gasteiger partial charge in [0.2, 0.25) is 0 Å². The van der Waals surface area contributed by atoms with Gasteiger partial charge in [0.15, 0.2) is 12.6 Å². The molecule has 2 aliphatic heterocycles. The fraction of sp³-hybridized carbons (Fsp3) is 0.980. The highest BCUT2D eigenvalue weighted by molar-refractivity contribution is 5.69. The topological polar surface area (TPSA) is 214 Å². The van der Waals surface area contributed by atoms with Crippen LogP contribution >= 0.6 is 0 Å². The summed E-state index contributed by atoms with van der Waals surface area (Å²) in [6.07, 6.45) is 20.4. The maximum Gasteiger partial charge on any atom is 0.306 e. The van der Waals surface area contributed by atoms with Crippen molar-refractivity contribution in [2.24, 2.45) is 0 Å². The lowest BCUT2D eigenvalue weighted by atomic mass is 9.98. The molecule has 14 heteroatoms. The number of unbranched alkanes of at least 4 members (excludes halogenated alkanes) is 27. The highest BCUT2D eigenvalue weighted by Crippen LogP contribution is 2.26. The fourth-order valence-corrected chi connectivity index (χ4v) is 8.40. The van der Waals surface area contributed by atoms with Crippen LogP contribution in [0, 0.1) is 0 Å². The van der Waals surface area contributed by atoms with Gasteiger partial charge in [-0.25, -0.2) is 0 Å². The average Bonchev–Trinajstić information content (AvgIpc) is 3.28. The Kier molecular flexibility index (Phi) is 35.1. The highest BCUT2D eigenvalue weighted by atomic mass is 16.7. The molecule has 374 valence electrons. The Morgan fingerprint density at radius 2 is 0.841 bits per heavy atom. The van der Waals surface area contributed by atoms with Gasteiger partial charge in [0, 0.05) is 13.0 Å². The van der Waals surface area contributed by atoms with Crippen molar-refractivity contribution < 1.29 is 69.0 Å². The molecule has 11 unspecified atom stereocenters. The fourth-order valence-electron chi connectivity index (χ4n) is 8.40. The van der Waals surface area contributed by atoms with Crippen molar-refractivity contribution in [3.8, 4) is 0 Å². The molecule has 0 aliphatic carbocycles. The summed E-state index contributed by atoms with van der Waals surface area (Å²) in [6, 6.07) is 0. The first-order chi connectivity index (χ1) is 30.6. The summed E-state index contributed by atoms with van der Waals surface area (Å²) < 4.78 is 34.2. The second-order valence-electron chi connectivity index (χ2n) is 18.4. The number of esters is 1. The molecule has 0 aromatic rings. The Balaban J connectivity index is 1.71. The van der Waals surface area contributed by atoms with E-state index in [1.165, 1.54) is 141 Å². The van der Waals surface area contributed by atoms with E-state index in [0.29, 0.717) is 13.0 Å². The van der Waals surface area contributed by atoms with E-state index in [0.717, 1.165) is 38.5 Å². The lowest BCUT2D eigenvalue weighted by molar-refractivity contribution is -0.332. The minimum absolute atomic E-state index is 0.0697. The summed E-state index contributed by atoms with van der Waals surface area (Å²) >= 11 is 0. The second-order valence-corrected chi connectivity index (χ2v) is 18.4. The number of hydrogen-bond acceptors (Lipinski definition) is 14. The summed E-state index contributed by atoms with van der Waals surface area (Å²) in [6.45, 7) is 3.70. The quantitative estimate of drug-likeness (QED) is 0.0237. The van der Waals surface area contributed by atoms with E-state index >= 15 is 0 Å². The molecule has 2 fully saturated rings. The van der Waals surface area contributed by atoms with Crippen LogP contribution in [-0.4, -0.2) is 142 Å². The van der Waals surface area contributed by atoms with E-state index in [4.69, 9.17) is 28.4 Å². The summed E-state index contributed by atoms with van der Waals surface area (Å²) in [5, 5.41) is 72.0. The molecule has 0 bridgehead atoms. The predicted molar refractivity (Wildman–Crippen MR) is 243 cm³/mol. The SMILES string of the molecule is CCCCCCCCCCCCCCCCCCCCCCOCC(COC1OC(COC2OC(CO)C(O)C(O)C2O)C(O)C(O)C1O)OC(=O)CCCCCCCCCCC. The summed E-state index contributed by atoms with van der Waals surface area (Å²) in [5.74, 6) is -0.375. The third-order valence-electron chi connectivity index (χ3n) is 12.6. The normalized spacial score (nSPS) is 26.9. The molecular weight excluding hydrogens is 813 g/mol. The molecular formula is C49H94O14. The van der Waals surface area contributed by atoms with Crippen molar-refractivity contribution in [3.05, 3.63) is 0 Å².